The van der Waals surface area contributed by atoms with E-state index in [9.17, 15) is 15.0 Å². The molecule has 2 unspecified atom stereocenters. The Kier molecular flexibility index (Phi) is 6.25. The Bertz CT molecular complexity index is 407. The van der Waals surface area contributed by atoms with Crippen LogP contribution in [-0.4, -0.2) is 46.3 Å². The molecule has 2 atom stereocenters. The van der Waals surface area contributed by atoms with Gasteiger partial charge in [0.15, 0.2) is 0 Å². The van der Waals surface area contributed by atoms with Crippen LogP contribution < -0.4 is 0 Å². The van der Waals surface area contributed by atoms with Crippen LogP contribution in [0.5, 0.6) is 0 Å². The molecule has 0 saturated heterocycles. The van der Waals surface area contributed by atoms with Crippen molar-refractivity contribution in [3.63, 3.8) is 0 Å². The molecule has 0 aliphatic heterocycles. The molecule has 104 valence electrons. The standard InChI is InChI=1S/C15H21NO3/c1-12(10-17)16(13(2)11-18)15(19)9-8-14-6-4-3-5-7-14/h3-9,12-13,17-18H,10-11H2,1-2H3/b9-8+. The first kappa shape index (κ1) is 15.4. The van der Waals surface area contributed by atoms with Gasteiger partial charge in [-0.2, -0.15) is 0 Å². The minimum Gasteiger partial charge on any atom is -0.394 e. The largest absolute Gasteiger partial charge is 0.394 e. The van der Waals surface area contributed by atoms with Crippen molar-refractivity contribution in [1.29, 1.82) is 0 Å². The summed E-state index contributed by atoms with van der Waals surface area (Å²) in [6, 6.07) is 8.86. The molecule has 0 heterocycles. The average molecular weight is 263 g/mol. The van der Waals surface area contributed by atoms with Crippen LogP contribution in [0.4, 0.5) is 0 Å². The fourth-order valence-corrected chi connectivity index (χ4v) is 1.86. The van der Waals surface area contributed by atoms with Gasteiger partial charge in [-0.05, 0) is 25.5 Å². The van der Waals surface area contributed by atoms with Crippen LogP contribution >= 0.6 is 0 Å². The van der Waals surface area contributed by atoms with Crippen LogP contribution in [0.15, 0.2) is 36.4 Å². The first-order valence-corrected chi connectivity index (χ1v) is 6.37. The fourth-order valence-electron chi connectivity index (χ4n) is 1.86. The van der Waals surface area contributed by atoms with Crippen LogP contribution in [0.2, 0.25) is 0 Å². The summed E-state index contributed by atoms with van der Waals surface area (Å²) in [5.74, 6) is -0.216. The zero-order chi connectivity index (χ0) is 14.3. The van der Waals surface area contributed by atoms with E-state index in [4.69, 9.17) is 0 Å². The van der Waals surface area contributed by atoms with Crippen LogP contribution in [0.25, 0.3) is 6.08 Å². The number of rotatable bonds is 6. The van der Waals surface area contributed by atoms with Gasteiger partial charge in [-0.25, -0.2) is 0 Å². The van der Waals surface area contributed by atoms with Crippen molar-refractivity contribution < 1.29 is 15.0 Å². The minimum atomic E-state index is -0.324. The summed E-state index contributed by atoms with van der Waals surface area (Å²) >= 11 is 0. The Morgan fingerprint density at radius 1 is 1.16 bits per heavy atom. The van der Waals surface area contributed by atoms with E-state index in [1.165, 1.54) is 11.0 Å². The third-order valence-electron chi connectivity index (χ3n) is 2.95. The van der Waals surface area contributed by atoms with E-state index in [0.29, 0.717) is 0 Å². The number of aliphatic hydroxyl groups is 2. The number of nitrogens with zero attached hydrogens (tertiary/aromatic N) is 1. The average Bonchev–Trinajstić information content (AvgIpc) is 2.45. The molecule has 0 radical (unpaired) electrons. The Hall–Kier alpha value is -1.65. The summed E-state index contributed by atoms with van der Waals surface area (Å²) in [6.07, 6.45) is 3.19. The predicted octanol–water partition coefficient (Wildman–Crippen LogP) is 1.29. The van der Waals surface area contributed by atoms with Gasteiger partial charge in [0.1, 0.15) is 0 Å². The van der Waals surface area contributed by atoms with Crippen molar-refractivity contribution in [2.45, 2.75) is 25.9 Å². The number of amides is 1. The van der Waals surface area contributed by atoms with Gasteiger partial charge in [0.05, 0.1) is 25.3 Å². The van der Waals surface area contributed by atoms with E-state index in [0.717, 1.165) is 5.56 Å². The highest BCUT2D eigenvalue weighted by molar-refractivity contribution is 5.92. The molecule has 0 saturated carbocycles. The second kappa shape index (κ2) is 7.71. The molecule has 2 N–H and O–H groups in total. The van der Waals surface area contributed by atoms with E-state index < -0.39 is 0 Å². The zero-order valence-electron chi connectivity index (χ0n) is 11.4. The first-order valence-electron chi connectivity index (χ1n) is 6.37. The van der Waals surface area contributed by atoms with Gasteiger partial charge < -0.3 is 15.1 Å². The molecule has 1 rings (SSSR count). The molecule has 0 aliphatic carbocycles. The van der Waals surface area contributed by atoms with Crippen molar-refractivity contribution in [3.05, 3.63) is 42.0 Å². The molecule has 0 fully saturated rings. The molecule has 4 heteroatoms. The van der Waals surface area contributed by atoms with Crippen molar-refractivity contribution in [2.24, 2.45) is 0 Å². The maximum absolute atomic E-state index is 12.1. The van der Waals surface area contributed by atoms with E-state index in [-0.39, 0.29) is 31.2 Å². The van der Waals surface area contributed by atoms with Crippen LogP contribution in [0, 0.1) is 0 Å². The second-order valence-corrected chi connectivity index (χ2v) is 4.55. The lowest BCUT2D eigenvalue weighted by molar-refractivity contribution is -0.132. The monoisotopic (exact) mass is 263 g/mol. The summed E-state index contributed by atoms with van der Waals surface area (Å²) in [5, 5.41) is 18.4. The molecular weight excluding hydrogens is 242 g/mol. The third kappa shape index (κ3) is 4.50. The van der Waals surface area contributed by atoms with Gasteiger partial charge in [0.2, 0.25) is 5.91 Å². The maximum Gasteiger partial charge on any atom is 0.247 e. The molecule has 1 amide bonds. The fraction of sp³-hybridized carbons (Fsp3) is 0.400. The molecule has 0 spiro atoms. The number of hydrogen-bond acceptors (Lipinski definition) is 3. The van der Waals surface area contributed by atoms with Crippen LogP contribution in [0.1, 0.15) is 19.4 Å². The van der Waals surface area contributed by atoms with Crippen LogP contribution in [-0.2, 0) is 4.79 Å². The molecule has 0 bridgehead atoms. The number of benzene rings is 1. The molecule has 0 aromatic heterocycles. The quantitative estimate of drug-likeness (QED) is 0.760. The van der Waals surface area contributed by atoms with Crippen molar-refractivity contribution in [3.8, 4) is 0 Å². The normalized spacial score (nSPS) is 14.3. The zero-order valence-corrected chi connectivity index (χ0v) is 11.4. The van der Waals surface area contributed by atoms with Crippen molar-refractivity contribution >= 4 is 12.0 Å². The smallest absolute Gasteiger partial charge is 0.247 e. The summed E-state index contributed by atoms with van der Waals surface area (Å²) in [5.41, 5.74) is 0.934. The Morgan fingerprint density at radius 3 is 2.16 bits per heavy atom. The number of hydrogen-bond donors (Lipinski definition) is 2. The number of aliphatic hydroxyl groups excluding tert-OH is 2. The third-order valence-corrected chi connectivity index (χ3v) is 2.95. The van der Waals surface area contributed by atoms with Gasteiger partial charge in [0, 0.05) is 6.08 Å². The molecule has 0 aliphatic rings. The SMILES string of the molecule is CC(CO)N(C(=O)/C=C/c1ccccc1)C(C)CO. The van der Waals surface area contributed by atoms with E-state index in [2.05, 4.69) is 0 Å². The van der Waals surface area contributed by atoms with Crippen LogP contribution in [0.3, 0.4) is 0 Å². The first-order chi connectivity index (χ1) is 9.10. The molecule has 1 aromatic carbocycles. The summed E-state index contributed by atoms with van der Waals surface area (Å²) in [7, 11) is 0. The van der Waals surface area contributed by atoms with Gasteiger partial charge in [0.25, 0.3) is 0 Å². The lowest BCUT2D eigenvalue weighted by Crippen LogP contribution is -2.47. The molecular formula is C15H21NO3. The Labute approximate surface area is 114 Å². The number of carbonyl (C=O) groups excluding carboxylic acids is 1. The molecule has 19 heavy (non-hydrogen) atoms. The van der Waals surface area contributed by atoms with Gasteiger partial charge in [-0.3, -0.25) is 4.79 Å². The van der Waals surface area contributed by atoms with Gasteiger partial charge >= 0.3 is 0 Å². The van der Waals surface area contributed by atoms with Crippen molar-refractivity contribution in [2.75, 3.05) is 13.2 Å². The maximum atomic E-state index is 12.1. The topological polar surface area (TPSA) is 60.8 Å². The van der Waals surface area contributed by atoms with E-state index >= 15 is 0 Å². The molecule has 1 aromatic rings. The summed E-state index contributed by atoms with van der Waals surface area (Å²) < 4.78 is 0. The highest BCUT2D eigenvalue weighted by atomic mass is 16.3. The Morgan fingerprint density at radius 2 is 1.68 bits per heavy atom. The Balaban J connectivity index is 2.80. The van der Waals surface area contributed by atoms with E-state index in [1.807, 2.05) is 30.3 Å². The highest BCUT2D eigenvalue weighted by Gasteiger charge is 2.22. The lowest BCUT2D eigenvalue weighted by atomic mass is 10.1. The minimum absolute atomic E-state index is 0.130. The van der Waals surface area contributed by atoms with Gasteiger partial charge in [-0.15, -0.1) is 0 Å². The molecule has 4 nitrogen and oxygen atoms in total. The summed E-state index contributed by atoms with van der Waals surface area (Å²) in [6.45, 7) is 3.24. The highest BCUT2D eigenvalue weighted by Crippen LogP contribution is 2.08. The number of carbonyl (C=O) groups is 1. The van der Waals surface area contributed by atoms with Crippen molar-refractivity contribution in [1.82, 2.24) is 4.90 Å². The van der Waals surface area contributed by atoms with Gasteiger partial charge in [-0.1, -0.05) is 30.3 Å². The lowest BCUT2D eigenvalue weighted by Gasteiger charge is -2.31. The van der Waals surface area contributed by atoms with E-state index in [1.54, 1.807) is 19.9 Å². The second-order valence-electron chi connectivity index (χ2n) is 4.55. The summed E-state index contributed by atoms with van der Waals surface area (Å²) in [4.78, 5) is 13.6. The predicted molar refractivity (Wildman–Crippen MR) is 75.4 cm³/mol.